The molecule has 4 aromatic carbocycles. The van der Waals surface area contributed by atoms with Gasteiger partial charge in [0.25, 0.3) is 28.2 Å². The third-order valence-electron chi connectivity index (χ3n) is 24.4. The highest BCUT2D eigenvalue weighted by Gasteiger charge is 2.57. The van der Waals surface area contributed by atoms with Crippen molar-refractivity contribution >= 4 is 105 Å². The number of pyridine rings is 8. The number of ether oxygens (including phenoxy) is 2. The third-order valence-corrected chi connectivity index (χ3v) is 24.4. The zero-order valence-corrected chi connectivity index (χ0v) is 75.8. The Balaban J connectivity index is 0.000000111. The van der Waals surface area contributed by atoms with E-state index in [4.69, 9.17) is 14.8 Å². The van der Waals surface area contributed by atoms with Gasteiger partial charge in [0.15, 0.2) is 0 Å². The van der Waals surface area contributed by atoms with E-state index in [0.29, 0.717) is 120 Å². The smallest absolute Gasteiger partial charge is 0.433 e. The van der Waals surface area contributed by atoms with E-state index in [1.807, 2.05) is 145 Å². The van der Waals surface area contributed by atoms with Crippen LogP contribution in [0.1, 0.15) is 87.7 Å². The molecule has 1 atom stereocenters. The lowest BCUT2D eigenvalue weighted by atomic mass is 10.1. The van der Waals surface area contributed by atoms with Gasteiger partial charge in [0.1, 0.15) is 67.3 Å². The van der Waals surface area contributed by atoms with Crippen molar-refractivity contribution in [1.29, 1.82) is 0 Å². The normalized spacial score (nSPS) is 14.5. The lowest BCUT2D eigenvalue weighted by Crippen LogP contribution is -2.24. The predicted molar refractivity (Wildman–Crippen MR) is 514 cm³/mol. The second-order valence-electron chi connectivity index (χ2n) is 34.8. The van der Waals surface area contributed by atoms with Gasteiger partial charge in [0, 0.05) is 183 Å². The minimum Gasteiger partial charge on any atom is -0.477 e. The van der Waals surface area contributed by atoms with Crippen LogP contribution < -0.4 is 47.7 Å². The SMILES string of the molecule is CCNc1ccc2nn(-c3ccc4nn(C)cc4c3)c(=O)c(-c3ccc(C(F)(F)F)nc3)c2n1.CCNc1ccc2nn(-c3ccc4nn(C)cc4c3)c(=O)c(-c3ccc(OC(F)F)nc3)c2n1.Cn1cc2cc(-n3nc4ccc(NCC5CC5)nc4c(-c4ccc(C5CC5)nc4)c3=O)ccc2n1.Cn1cc2cc(-n3nc4ccc(OCC5CC5(F)F)nc4c(-c4ccc(C5CC5)nc4)c3=O)ccc2n1. The highest BCUT2D eigenvalue weighted by atomic mass is 19.4. The van der Waals surface area contributed by atoms with Crippen molar-refractivity contribution in [1.82, 2.24) is 118 Å². The van der Waals surface area contributed by atoms with Gasteiger partial charge >= 0.3 is 12.8 Å². The van der Waals surface area contributed by atoms with Gasteiger partial charge < -0.3 is 25.4 Å². The number of hydrogen-bond donors (Lipinski definition) is 3. The molecule has 33 nitrogen and oxygen atoms in total. The highest BCUT2D eigenvalue weighted by molar-refractivity contribution is 5.96. The van der Waals surface area contributed by atoms with Crippen LogP contribution in [0.3, 0.4) is 0 Å². The second kappa shape index (κ2) is 36.3. The van der Waals surface area contributed by atoms with E-state index in [-0.39, 0.29) is 58.1 Å². The Kier molecular flexibility index (Phi) is 23.2. The minimum absolute atomic E-state index is 0.109. The van der Waals surface area contributed by atoms with Gasteiger partial charge in [-0.25, -0.2) is 33.7 Å². The summed E-state index contributed by atoms with van der Waals surface area (Å²) in [6, 6.07) is 48.8. The van der Waals surface area contributed by atoms with Gasteiger partial charge in [-0.1, -0.05) is 18.2 Å². The molecule has 1 unspecified atom stereocenters. The molecule has 16 aromatic heterocycles. The predicted octanol–water partition coefficient (Wildman–Crippen LogP) is 17.0. The maximum Gasteiger partial charge on any atom is 0.433 e. The number of rotatable bonds is 22. The number of hydrogen-bond acceptors (Lipinski definition) is 25. The van der Waals surface area contributed by atoms with E-state index in [9.17, 15) is 49.9 Å². The standard InChI is InChI=1S/C27H22F2N6O2.C27H25N7O.C23H18F3N7O.C23H19F2N7O2/c1-34-13-17-10-19(5-7-21(17)32-34)35-26(36)24(16-4-6-20(30-12-16)15-2-3-15)25-22(33-35)8-9-23(31-25)37-14-18-11-27(18,28)29;1-33-15-19-12-20(7-9-22(19)31-33)34-27(35)25(18-6-8-21(28-14-18)17-4-5-17)26-23(32-34)10-11-24(30-26)29-13-16-2-3-16;1-3-27-19-9-7-17-21(29-19)20(13-4-8-18(28-11-13)23(24,25)26)22(34)33(31-17)15-5-6-16-14(10-15)12-32(2)30-16;1-3-26-18-8-7-17-21(28-18)20(13-4-9-19(27-11-13)34-23(24)25)22(33)32(30-17)15-5-6-16-14(10-15)12-31(2)29-16/h4-10,12-13,15,18H,2-3,11,14H2,1H3;6-12,14-17H,2-5,13H2,1H3,(H,29,30);4-12H,3H2,1-2H3,(H,27,29);4-12,23H,3H2,1-2H3,(H,26,28). The molecule has 0 radical (unpaired) electrons. The average molecular weight is 1890 g/mol. The van der Waals surface area contributed by atoms with E-state index in [2.05, 4.69) is 91.3 Å². The van der Waals surface area contributed by atoms with Crippen LogP contribution in [0.2, 0.25) is 0 Å². The number of alkyl halides is 7. The summed E-state index contributed by atoms with van der Waals surface area (Å²) >= 11 is 0. The van der Waals surface area contributed by atoms with Gasteiger partial charge in [0.05, 0.1) is 79.6 Å². The number of nitrogens with one attached hydrogen (secondary N) is 3. The van der Waals surface area contributed by atoms with Crippen molar-refractivity contribution in [3.05, 3.63) is 278 Å². The summed E-state index contributed by atoms with van der Waals surface area (Å²) in [5, 5.41) is 49.0. The summed E-state index contributed by atoms with van der Waals surface area (Å²) in [4.78, 5) is 90.4. The Morgan fingerprint density at radius 3 is 1.04 bits per heavy atom. The monoisotopic (exact) mass is 1890 g/mol. The Morgan fingerprint density at radius 1 is 0.393 bits per heavy atom. The Hall–Kier alpha value is -17.0. The first-order chi connectivity index (χ1) is 67.6. The molecule has 0 aliphatic heterocycles. The first-order valence-electron chi connectivity index (χ1n) is 45.3. The Morgan fingerprint density at radius 2 is 0.729 bits per heavy atom. The topological polar surface area (TPSA) is 369 Å². The zero-order chi connectivity index (χ0) is 96.7. The third kappa shape index (κ3) is 18.5. The van der Waals surface area contributed by atoms with Crippen LogP contribution in [0.5, 0.6) is 11.8 Å². The van der Waals surface area contributed by atoms with E-state index in [1.54, 1.807) is 98.7 Å². The van der Waals surface area contributed by atoms with Crippen molar-refractivity contribution in [2.75, 3.05) is 42.2 Å². The van der Waals surface area contributed by atoms with Crippen molar-refractivity contribution in [2.45, 2.75) is 89.3 Å². The van der Waals surface area contributed by atoms with Gasteiger partial charge in [-0.3, -0.25) is 52.9 Å². The fraction of sp³-hybridized carbons (Fsp3) is 0.240. The molecule has 140 heavy (non-hydrogen) atoms. The molecule has 704 valence electrons. The number of benzene rings is 4. The average Bonchev–Trinajstić information content (AvgIpc) is 1.08. The maximum atomic E-state index is 13.9. The Labute approximate surface area is 788 Å². The minimum atomic E-state index is -4.59. The summed E-state index contributed by atoms with van der Waals surface area (Å²) in [6.45, 7) is 2.86. The van der Waals surface area contributed by atoms with Gasteiger partial charge in [-0.2, -0.15) is 81.5 Å². The summed E-state index contributed by atoms with van der Waals surface area (Å²) in [5.41, 5.74) is 11.8. The van der Waals surface area contributed by atoms with Gasteiger partial charge in [-0.15, -0.1) is 0 Å². The first-order valence-corrected chi connectivity index (χ1v) is 45.3. The number of anilines is 3. The lowest BCUT2D eigenvalue weighted by molar-refractivity contribution is -0.141. The second-order valence-corrected chi connectivity index (χ2v) is 34.8. The van der Waals surface area contributed by atoms with Crippen LogP contribution in [0.15, 0.2) is 239 Å². The van der Waals surface area contributed by atoms with Crippen molar-refractivity contribution < 1.29 is 40.2 Å². The molecule has 20 aromatic rings. The largest absolute Gasteiger partial charge is 0.477 e. The van der Waals surface area contributed by atoms with Crippen LogP contribution in [-0.4, -0.2) is 157 Å². The van der Waals surface area contributed by atoms with Crippen LogP contribution in [0.25, 0.3) is 155 Å². The molecule has 0 saturated heterocycles. The van der Waals surface area contributed by atoms with E-state index in [1.165, 1.54) is 68.8 Å². The molecule has 4 saturated carbocycles. The van der Waals surface area contributed by atoms with Gasteiger partial charge in [0.2, 0.25) is 11.8 Å². The fourth-order valence-electron chi connectivity index (χ4n) is 16.8. The molecule has 40 heteroatoms. The van der Waals surface area contributed by atoms with Crippen LogP contribution in [0.4, 0.5) is 48.2 Å². The molecule has 16 heterocycles. The molecule has 0 bridgehead atoms. The number of aromatic nitrogens is 24. The van der Waals surface area contributed by atoms with Crippen LogP contribution in [-0.2, 0) is 34.4 Å². The van der Waals surface area contributed by atoms with E-state index >= 15 is 0 Å². The molecular formula is C100H84F7N27O6. The highest BCUT2D eigenvalue weighted by Crippen LogP contribution is 2.49. The molecule has 0 spiro atoms. The zero-order valence-electron chi connectivity index (χ0n) is 75.8. The van der Waals surface area contributed by atoms with Crippen molar-refractivity contribution in [2.24, 2.45) is 40.0 Å². The molecule has 4 aliphatic carbocycles. The van der Waals surface area contributed by atoms with Crippen molar-refractivity contribution in [3.8, 4) is 79.0 Å². The lowest BCUT2D eigenvalue weighted by Gasteiger charge is -2.13. The summed E-state index contributed by atoms with van der Waals surface area (Å²) < 4.78 is 113. The number of nitrogens with zero attached hydrogens (tertiary/aromatic N) is 24. The van der Waals surface area contributed by atoms with Gasteiger partial charge in [-0.05, 0) is 198 Å². The first kappa shape index (κ1) is 89.6. The summed E-state index contributed by atoms with van der Waals surface area (Å²) in [5.74, 6) is 0.0599. The Bertz CT molecular complexity index is 8510. The molecule has 0 amide bonds. The van der Waals surface area contributed by atoms with E-state index in [0.717, 1.165) is 104 Å². The molecule has 4 fully saturated rings. The number of fused-ring (bicyclic) bond motifs is 8. The van der Waals surface area contributed by atoms with Crippen LogP contribution >= 0.6 is 0 Å². The molecule has 24 rings (SSSR count). The molecule has 3 N–H and O–H groups in total. The fourth-order valence-corrected chi connectivity index (χ4v) is 16.8. The quantitative estimate of drug-likeness (QED) is 0.0531. The number of halogens is 7. The van der Waals surface area contributed by atoms with E-state index < -0.39 is 41.4 Å². The van der Waals surface area contributed by atoms with Crippen LogP contribution in [0, 0.1) is 11.8 Å². The summed E-state index contributed by atoms with van der Waals surface area (Å²) in [6.07, 6.45) is 15.7. The van der Waals surface area contributed by atoms with Crippen molar-refractivity contribution in [3.63, 3.8) is 0 Å². The summed E-state index contributed by atoms with van der Waals surface area (Å²) in [7, 11) is 7.34. The maximum absolute atomic E-state index is 13.9. The molecule has 4 aliphatic rings. The molecular weight excluding hydrogens is 1810 g/mol. The number of aryl methyl sites for hydroxylation is 4.